The van der Waals surface area contributed by atoms with E-state index in [4.69, 9.17) is 0 Å². The molecule has 0 saturated heterocycles. The predicted octanol–water partition coefficient (Wildman–Crippen LogP) is 3.79. The molecule has 1 aromatic rings. The summed E-state index contributed by atoms with van der Waals surface area (Å²) in [4.78, 5) is 11.9. The molecule has 0 bridgehead atoms. The monoisotopic (exact) mass is 489 g/mol. The molecule has 0 spiro atoms. The summed E-state index contributed by atoms with van der Waals surface area (Å²) in [5.41, 5.74) is 0.435. The SMILES string of the molecule is CCCCNC(=O)c1ccc(S(=O)(=O)C(Br)(Br)Br)cc1. The third-order valence-corrected chi connectivity index (χ3v) is 7.89. The Morgan fingerprint density at radius 3 is 2.20 bits per heavy atom. The summed E-state index contributed by atoms with van der Waals surface area (Å²) >= 11 is 8.98. The number of sulfone groups is 1. The van der Waals surface area contributed by atoms with Gasteiger partial charge in [-0.15, -0.1) is 0 Å². The largest absolute Gasteiger partial charge is 0.352 e. The van der Waals surface area contributed by atoms with Crippen molar-refractivity contribution >= 4 is 63.5 Å². The van der Waals surface area contributed by atoms with Crippen LogP contribution in [0.15, 0.2) is 29.2 Å². The zero-order valence-electron chi connectivity index (χ0n) is 10.7. The lowest BCUT2D eigenvalue weighted by Gasteiger charge is -2.13. The first-order valence-corrected chi connectivity index (χ1v) is 9.76. The van der Waals surface area contributed by atoms with E-state index < -0.39 is 11.3 Å². The van der Waals surface area contributed by atoms with Crippen molar-refractivity contribution in [3.8, 4) is 0 Å². The highest BCUT2D eigenvalue weighted by molar-refractivity contribution is 9.42. The van der Waals surface area contributed by atoms with Crippen molar-refractivity contribution in [3.63, 3.8) is 0 Å². The van der Waals surface area contributed by atoms with Crippen LogP contribution in [0.5, 0.6) is 0 Å². The Morgan fingerprint density at radius 2 is 1.75 bits per heavy atom. The quantitative estimate of drug-likeness (QED) is 0.503. The van der Waals surface area contributed by atoms with Crippen LogP contribution in [0.1, 0.15) is 30.1 Å². The van der Waals surface area contributed by atoms with Gasteiger partial charge in [-0.05, 0) is 78.5 Å². The van der Waals surface area contributed by atoms with Crippen LogP contribution in [-0.4, -0.2) is 22.3 Å². The lowest BCUT2D eigenvalue weighted by atomic mass is 10.2. The zero-order valence-corrected chi connectivity index (χ0v) is 16.3. The normalized spacial score (nSPS) is 12.2. The molecule has 20 heavy (non-hydrogen) atoms. The van der Waals surface area contributed by atoms with Gasteiger partial charge in [0.1, 0.15) is 0 Å². The van der Waals surface area contributed by atoms with Gasteiger partial charge in [0.2, 0.25) is 11.3 Å². The minimum Gasteiger partial charge on any atom is -0.352 e. The van der Waals surface area contributed by atoms with E-state index in [1.54, 1.807) is 0 Å². The molecular formula is C12H14Br3NO3S. The number of hydrogen-bond donors (Lipinski definition) is 1. The molecule has 0 saturated carbocycles. The number of halogens is 3. The second-order valence-electron chi connectivity index (χ2n) is 4.08. The van der Waals surface area contributed by atoms with E-state index in [-0.39, 0.29) is 10.8 Å². The molecule has 0 aliphatic rings. The topological polar surface area (TPSA) is 63.2 Å². The Balaban J connectivity index is 2.87. The van der Waals surface area contributed by atoms with Crippen LogP contribution < -0.4 is 5.32 Å². The van der Waals surface area contributed by atoms with E-state index in [0.29, 0.717) is 12.1 Å². The molecule has 1 N–H and O–H groups in total. The van der Waals surface area contributed by atoms with Crippen LogP contribution in [0.2, 0.25) is 0 Å². The molecule has 1 rings (SSSR count). The van der Waals surface area contributed by atoms with Crippen LogP contribution in [0.4, 0.5) is 0 Å². The number of amides is 1. The number of carbonyl (C=O) groups excluding carboxylic acids is 1. The molecule has 0 unspecified atom stereocenters. The molecule has 0 heterocycles. The Kier molecular flexibility index (Phi) is 6.69. The zero-order chi connectivity index (χ0) is 15.4. The lowest BCUT2D eigenvalue weighted by molar-refractivity contribution is 0.0953. The Labute approximate surface area is 144 Å². The van der Waals surface area contributed by atoms with Crippen molar-refractivity contribution in [2.75, 3.05) is 6.54 Å². The van der Waals surface area contributed by atoms with E-state index in [9.17, 15) is 13.2 Å². The van der Waals surface area contributed by atoms with Gasteiger partial charge in [-0.25, -0.2) is 8.42 Å². The third kappa shape index (κ3) is 4.54. The fourth-order valence-corrected chi connectivity index (χ4v) is 3.84. The van der Waals surface area contributed by atoms with Crippen molar-refractivity contribution in [1.82, 2.24) is 5.32 Å². The smallest absolute Gasteiger partial charge is 0.251 e. The van der Waals surface area contributed by atoms with Gasteiger partial charge in [0, 0.05) is 12.1 Å². The number of carbonyl (C=O) groups is 1. The maximum absolute atomic E-state index is 12.1. The number of benzene rings is 1. The maximum atomic E-state index is 12.1. The second-order valence-corrected chi connectivity index (χ2v) is 14.5. The van der Waals surface area contributed by atoms with Gasteiger partial charge in [0.15, 0.2) is 0 Å². The van der Waals surface area contributed by atoms with E-state index in [0.717, 1.165) is 12.8 Å². The molecule has 0 radical (unpaired) electrons. The van der Waals surface area contributed by atoms with E-state index in [1.165, 1.54) is 24.3 Å². The first-order valence-electron chi connectivity index (χ1n) is 5.89. The summed E-state index contributed by atoms with van der Waals surface area (Å²) in [6, 6.07) is 5.80. The maximum Gasteiger partial charge on any atom is 0.251 e. The van der Waals surface area contributed by atoms with Gasteiger partial charge >= 0.3 is 0 Å². The van der Waals surface area contributed by atoms with Crippen LogP contribution in [-0.2, 0) is 9.84 Å². The molecule has 112 valence electrons. The van der Waals surface area contributed by atoms with Gasteiger partial charge in [-0.1, -0.05) is 13.3 Å². The third-order valence-electron chi connectivity index (χ3n) is 2.55. The van der Waals surface area contributed by atoms with Gasteiger partial charge in [0.05, 0.1) is 4.90 Å². The average molecular weight is 492 g/mol. The minimum atomic E-state index is -3.62. The van der Waals surface area contributed by atoms with Crippen LogP contribution in [0, 0.1) is 0 Å². The fraction of sp³-hybridized carbons (Fsp3) is 0.417. The molecule has 0 aromatic heterocycles. The highest BCUT2D eigenvalue weighted by atomic mass is 80.0. The molecule has 4 nitrogen and oxygen atoms in total. The Bertz CT molecular complexity index is 565. The number of nitrogens with one attached hydrogen (secondary N) is 1. The number of hydrogen-bond acceptors (Lipinski definition) is 3. The molecule has 1 amide bonds. The van der Waals surface area contributed by atoms with Crippen molar-refractivity contribution in [2.45, 2.75) is 26.1 Å². The summed E-state index contributed by atoms with van der Waals surface area (Å²) in [5, 5.41) is 2.77. The van der Waals surface area contributed by atoms with E-state index in [2.05, 4.69) is 53.1 Å². The summed E-state index contributed by atoms with van der Waals surface area (Å²) in [6.07, 6.45) is 1.92. The van der Waals surface area contributed by atoms with Gasteiger partial charge in [0.25, 0.3) is 5.91 Å². The van der Waals surface area contributed by atoms with Crippen LogP contribution in [0.25, 0.3) is 0 Å². The number of unbranched alkanes of at least 4 members (excludes halogenated alkanes) is 1. The molecule has 0 aliphatic carbocycles. The number of rotatable bonds is 5. The minimum absolute atomic E-state index is 0.105. The Morgan fingerprint density at radius 1 is 1.20 bits per heavy atom. The van der Waals surface area contributed by atoms with Crippen molar-refractivity contribution in [1.29, 1.82) is 0 Å². The second kappa shape index (κ2) is 7.38. The van der Waals surface area contributed by atoms with Gasteiger partial charge < -0.3 is 5.32 Å². The average Bonchev–Trinajstić information content (AvgIpc) is 2.37. The summed E-state index contributed by atoms with van der Waals surface area (Å²) in [6.45, 7) is 2.65. The highest BCUT2D eigenvalue weighted by Crippen LogP contribution is 2.43. The molecular weight excluding hydrogens is 478 g/mol. The van der Waals surface area contributed by atoms with E-state index >= 15 is 0 Å². The molecule has 0 fully saturated rings. The van der Waals surface area contributed by atoms with Crippen molar-refractivity contribution < 1.29 is 13.2 Å². The standard InChI is InChI=1S/C12H14Br3NO3S/c1-2-3-8-16-11(17)9-4-6-10(7-5-9)20(18,19)12(13,14)15/h4-7H,2-3,8H2,1H3,(H,16,17). The Hall–Kier alpha value is 0.0800. The van der Waals surface area contributed by atoms with Gasteiger partial charge in [-0.2, -0.15) is 0 Å². The van der Waals surface area contributed by atoms with E-state index in [1.807, 2.05) is 6.92 Å². The molecule has 8 heteroatoms. The number of alkyl halides is 3. The van der Waals surface area contributed by atoms with Gasteiger partial charge in [-0.3, -0.25) is 4.79 Å². The van der Waals surface area contributed by atoms with Crippen LogP contribution >= 0.6 is 47.8 Å². The highest BCUT2D eigenvalue weighted by Gasteiger charge is 2.37. The first kappa shape index (κ1) is 18.1. The fourth-order valence-electron chi connectivity index (χ4n) is 1.40. The summed E-state index contributed by atoms with van der Waals surface area (Å²) in [7, 11) is -3.62. The first-order chi connectivity index (χ1) is 9.20. The van der Waals surface area contributed by atoms with Crippen LogP contribution in [0.3, 0.4) is 0 Å². The lowest BCUT2D eigenvalue weighted by Crippen LogP contribution is -2.24. The molecule has 1 aromatic carbocycles. The summed E-state index contributed by atoms with van der Waals surface area (Å²) in [5.74, 6) is -0.204. The summed E-state index contributed by atoms with van der Waals surface area (Å²) < 4.78 is 22.8. The van der Waals surface area contributed by atoms with Crippen molar-refractivity contribution in [3.05, 3.63) is 29.8 Å². The molecule has 0 aliphatic heterocycles. The van der Waals surface area contributed by atoms with Crippen molar-refractivity contribution in [2.24, 2.45) is 0 Å². The predicted molar refractivity (Wildman–Crippen MR) is 90.4 cm³/mol. The molecule has 0 atom stereocenters.